The number of β-amino-alcohol motifs (C(OH)–C–C–N with tert-alkyl or cyclic N) is 1. The van der Waals surface area contributed by atoms with Crippen LogP contribution >= 0.6 is 0 Å². The number of hydrogen-bond acceptors (Lipinski definition) is 6. The van der Waals surface area contributed by atoms with Crippen LogP contribution in [0.3, 0.4) is 0 Å². The van der Waals surface area contributed by atoms with Gasteiger partial charge in [0.1, 0.15) is 12.7 Å². The Morgan fingerprint density at radius 2 is 1.79 bits per heavy atom. The second-order valence-corrected chi connectivity index (χ2v) is 8.80. The SMILES string of the molecule is COc1cc(CN2CCC(C)(C)CC2)ccc1OC[C@@H](O)CN1CCOCC1. The maximum atomic E-state index is 10.3. The number of likely N-dealkylation sites (tertiary alicyclic amines) is 1. The molecule has 1 aromatic rings. The van der Waals surface area contributed by atoms with Crippen molar-refractivity contribution >= 4 is 0 Å². The third-order valence-electron chi connectivity index (χ3n) is 5.85. The van der Waals surface area contributed by atoms with E-state index in [0.717, 1.165) is 51.7 Å². The summed E-state index contributed by atoms with van der Waals surface area (Å²) in [5, 5.41) is 10.3. The highest BCUT2D eigenvalue weighted by molar-refractivity contribution is 5.43. The average molecular weight is 393 g/mol. The number of piperidine rings is 1. The van der Waals surface area contributed by atoms with Crippen molar-refractivity contribution in [2.75, 3.05) is 59.7 Å². The van der Waals surface area contributed by atoms with Crippen molar-refractivity contribution < 1.29 is 19.3 Å². The molecule has 0 radical (unpaired) electrons. The molecule has 2 fully saturated rings. The van der Waals surface area contributed by atoms with Gasteiger partial charge in [0.2, 0.25) is 0 Å². The first-order chi connectivity index (χ1) is 13.4. The summed E-state index contributed by atoms with van der Waals surface area (Å²) in [7, 11) is 1.67. The van der Waals surface area contributed by atoms with Gasteiger partial charge >= 0.3 is 0 Å². The highest BCUT2D eigenvalue weighted by Crippen LogP contribution is 2.32. The largest absolute Gasteiger partial charge is 0.493 e. The van der Waals surface area contributed by atoms with Gasteiger partial charge in [-0.05, 0) is 49.0 Å². The molecule has 0 aromatic heterocycles. The van der Waals surface area contributed by atoms with E-state index in [4.69, 9.17) is 14.2 Å². The summed E-state index contributed by atoms with van der Waals surface area (Å²) in [6, 6.07) is 6.12. The number of nitrogens with zero attached hydrogens (tertiary/aromatic N) is 2. The Morgan fingerprint density at radius 3 is 2.46 bits per heavy atom. The maximum Gasteiger partial charge on any atom is 0.161 e. The molecule has 2 aliphatic rings. The number of methoxy groups -OCH3 is 1. The predicted octanol–water partition coefficient (Wildman–Crippen LogP) is 2.39. The fourth-order valence-electron chi connectivity index (χ4n) is 3.82. The molecule has 0 amide bonds. The third-order valence-corrected chi connectivity index (χ3v) is 5.85. The van der Waals surface area contributed by atoms with Crippen LogP contribution in [0.1, 0.15) is 32.3 Å². The zero-order chi connectivity index (χ0) is 20.0. The van der Waals surface area contributed by atoms with Gasteiger partial charge in [-0.1, -0.05) is 19.9 Å². The standard InChI is InChI=1S/C22H36N2O4/c1-22(2)6-8-23(9-7-22)15-18-4-5-20(21(14-18)26-3)28-17-19(25)16-24-10-12-27-13-11-24/h4-5,14,19,25H,6-13,15-17H2,1-3H3/t19-/m0/s1. The van der Waals surface area contributed by atoms with Crippen LogP contribution in [0.15, 0.2) is 18.2 Å². The molecule has 158 valence electrons. The number of aliphatic hydroxyl groups is 1. The fraction of sp³-hybridized carbons (Fsp3) is 0.727. The van der Waals surface area contributed by atoms with Gasteiger partial charge in [-0.2, -0.15) is 0 Å². The molecule has 0 unspecified atom stereocenters. The monoisotopic (exact) mass is 392 g/mol. The number of rotatable bonds is 8. The predicted molar refractivity (Wildman–Crippen MR) is 110 cm³/mol. The van der Waals surface area contributed by atoms with Crippen molar-refractivity contribution in [2.45, 2.75) is 39.3 Å². The lowest BCUT2D eigenvalue weighted by atomic mass is 9.82. The molecule has 2 aliphatic heterocycles. The van der Waals surface area contributed by atoms with Gasteiger partial charge in [-0.25, -0.2) is 0 Å². The quantitative estimate of drug-likeness (QED) is 0.733. The molecule has 6 heteroatoms. The Hall–Kier alpha value is -1.34. The minimum Gasteiger partial charge on any atom is -0.493 e. The summed E-state index contributed by atoms with van der Waals surface area (Å²) in [6.07, 6.45) is 1.96. The van der Waals surface area contributed by atoms with Crippen molar-refractivity contribution in [3.8, 4) is 11.5 Å². The normalized spacial score (nSPS) is 22.0. The highest BCUT2D eigenvalue weighted by atomic mass is 16.5. The topological polar surface area (TPSA) is 54.4 Å². The van der Waals surface area contributed by atoms with E-state index in [9.17, 15) is 5.11 Å². The van der Waals surface area contributed by atoms with E-state index in [2.05, 4.69) is 35.8 Å². The summed E-state index contributed by atoms with van der Waals surface area (Å²) in [5.41, 5.74) is 1.70. The van der Waals surface area contributed by atoms with Crippen molar-refractivity contribution in [3.05, 3.63) is 23.8 Å². The molecule has 1 N–H and O–H groups in total. The second-order valence-electron chi connectivity index (χ2n) is 8.80. The minimum atomic E-state index is -0.529. The molecular formula is C22H36N2O4. The molecule has 0 saturated carbocycles. The van der Waals surface area contributed by atoms with E-state index in [-0.39, 0.29) is 6.61 Å². The molecule has 6 nitrogen and oxygen atoms in total. The Balaban J connectivity index is 1.49. The van der Waals surface area contributed by atoms with Gasteiger partial charge in [-0.3, -0.25) is 9.80 Å². The van der Waals surface area contributed by atoms with E-state index < -0.39 is 6.10 Å². The highest BCUT2D eigenvalue weighted by Gasteiger charge is 2.25. The lowest BCUT2D eigenvalue weighted by molar-refractivity contribution is 0.00445. The van der Waals surface area contributed by atoms with Gasteiger partial charge in [0.05, 0.1) is 20.3 Å². The van der Waals surface area contributed by atoms with Crippen LogP contribution in [0.5, 0.6) is 11.5 Å². The maximum absolute atomic E-state index is 10.3. The Kier molecular flexibility index (Phi) is 7.57. The first-order valence-corrected chi connectivity index (χ1v) is 10.5. The van der Waals surface area contributed by atoms with Gasteiger partial charge in [-0.15, -0.1) is 0 Å². The smallest absolute Gasteiger partial charge is 0.161 e. The van der Waals surface area contributed by atoms with Crippen LogP contribution in [0.25, 0.3) is 0 Å². The van der Waals surface area contributed by atoms with Crippen LogP contribution in [0.4, 0.5) is 0 Å². The van der Waals surface area contributed by atoms with E-state index in [1.165, 1.54) is 18.4 Å². The molecule has 1 aromatic carbocycles. The molecule has 0 spiro atoms. The van der Waals surface area contributed by atoms with Crippen LogP contribution in [0.2, 0.25) is 0 Å². The molecular weight excluding hydrogens is 356 g/mol. The van der Waals surface area contributed by atoms with E-state index >= 15 is 0 Å². The summed E-state index contributed by atoms with van der Waals surface area (Å²) in [6.45, 7) is 12.0. The van der Waals surface area contributed by atoms with Crippen molar-refractivity contribution in [3.63, 3.8) is 0 Å². The van der Waals surface area contributed by atoms with Crippen LogP contribution in [-0.4, -0.2) is 80.7 Å². The van der Waals surface area contributed by atoms with Gasteiger partial charge in [0, 0.05) is 26.2 Å². The first-order valence-electron chi connectivity index (χ1n) is 10.5. The third kappa shape index (κ3) is 6.34. The summed E-state index contributed by atoms with van der Waals surface area (Å²) in [5.74, 6) is 1.42. The zero-order valence-electron chi connectivity index (χ0n) is 17.7. The van der Waals surface area contributed by atoms with E-state index in [1.807, 2.05) is 6.07 Å². The number of morpholine rings is 1. The van der Waals surface area contributed by atoms with E-state index in [1.54, 1.807) is 7.11 Å². The molecule has 1 atom stereocenters. The summed E-state index contributed by atoms with van der Waals surface area (Å²) >= 11 is 0. The average Bonchev–Trinajstić information content (AvgIpc) is 2.69. The molecule has 0 bridgehead atoms. The Bertz CT molecular complexity index is 607. The molecule has 0 aliphatic carbocycles. The van der Waals surface area contributed by atoms with Gasteiger partial charge < -0.3 is 19.3 Å². The molecule has 3 rings (SSSR count). The van der Waals surface area contributed by atoms with Crippen molar-refractivity contribution in [1.82, 2.24) is 9.80 Å². The van der Waals surface area contributed by atoms with Crippen molar-refractivity contribution in [1.29, 1.82) is 0 Å². The lowest BCUT2D eigenvalue weighted by Crippen LogP contribution is -2.42. The molecule has 2 saturated heterocycles. The summed E-state index contributed by atoms with van der Waals surface area (Å²) < 4.78 is 16.7. The fourth-order valence-corrected chi connectivity index (χ4v) is 3.82. The summed E-state index contributed by atoms with van der Waals surface area (Å²) in [4.78, 5) is 4.71. The Labute approximate surface area is 169 Å². The zero-order valence-corrected chi connectivity index (χ0v) is 17.7. The van der Waals surface area contributed by atoms with Gasteiger partial charge in [0.25, 0.3) is 0 Å². The molecule has 2 heterocycles. The number of aliphatic hydroxyl groups excluding tert-OH is 1. The van der Waals surface area contributed by atoms with Crippen LogP contribution in [0, 0.1) is 5.41 Å². The Morgan fingerprint density at radius 1 is 1.07 bits per heavy atom. The van der Waals surface area contributed by atoms with E-state index in [0.29, 0.717) is 17.7 Å². The number of hydrogen-bond donors (Lipinski definition) is 1. The molecule has 28 heavy (non-hydrogen) atoms. The lowest BCUT2D eigenvalue weighted by Gasteiger charge is -2.37. The first kappa shape index (κ1) is 21.4. The number of benzene rings is 1. The van der Waals surface area contributed by atoms with Crippen LogP contribution < -0.4 is 9.47 Å². The minimum absolute atomic E-state index is 0.258. The van der Waals surface area contributed by atoms with Crippen molar-refractivity contribution in [2.24, 2.45) is 5.41 Å². The second kappa shape index (κ2) is 9.92. The van der Waals surface area contributed by atoms with Gasteiger partial charge in [0.15, 0.2) is 11.5 Å². The van der Waals surface area contributed by atoms with Crippen LogP contribution in [-0.2, 0) is 11.3 Å². The number of ether oxygens (including phenoxy) is 3.